The molecule has 1 atom stereocenters. The summed E-state index contributed by atoms with van der Waals surface area (Å²) in [6, 6.07) is 8.67. The lowest BCUT2D eigenvalue weighted by molar-refractivity contribution is -0.351. The number of ether oxygens (including phenoxy) is 2. The lowest BCUT2D eigenvalue weighted by atomic mass is 9.83. The molecule has 1 unspecified atom stereocenters. The van der Waals surface area contributed by atoms with Crippen LogP contribution in [0, 0.1) is 5.92 Å². The van der Waals surface area contributed by atoms with Gasteiger partial charge in [-0.2, -0.15) is 0 Å². The van der Waals surface area contributed by atoms with Crippen LogP contribution in [0.4, 0.5) is 4.79 Å². The van der Waals surface area contributed by atoms with Gasteiger partial charge in [0.25, 0.3) is 0 Å². The lowest BCUT2D eigenvalue weighted by Gasteiger charge is -2.33. The van der Waals surface area contributed by atoms with Crippen molar-refractivity contribution >= 4 is 6.09 Å². The Labute approximate surface area is 244 Å². The molecule has 6 nitrogen and oxygen atoms in total. The molecule has 0 radical (unpaired) electrons. The van der Waals surface area contributed by atoms with Crippen molar-refractivity contribution in [1.82, 2.24) is 4.90 Å². The number of hydrogen-bond acceptors (Lipinski definition) is 5. The van der Waals surface area contributed by atoms with Crippen molar-refractivity contribution in [3.63, 3.8) is 0 Å². The summed E-state index contributed by atoms with van der Waals surface area (Å²) in [6.07, 6.45) is 11.6. The van der Waals surface area contributed by atoms with Crippen LogP contribution in [0.5, 0.6) is 5.75 Å². The predicted molar refractivity (Wildman–Crippen MR) is 164 cm³/mol. The second-order valence-electron chi connectivity index (χ2n) is 12.1. The fraction of sp³-hybridized carbons (Fsp3) is 0.735. The summed E-state index contributed by atoms with van der Waals surface area (Å²) in [7, 11) is 0. The molecule has 3 rings (SSSR count). The fourth-order valence-electron chi connectivity index (χ4n) is 5.45. The molecule has 1 aliphatic heterocycles. The second-order valence-corrected chi connectivity index (χ2v) is 12.1. The predicted octanol–water partition coefficient (Wildman–Crippen LogP) is 9.24. The highest BCUT2D eigenvalue weighted by molar-refractivity contribution is 5.68. The van der Waals surface area contributed by atoms with Gasteiger partial charge in [-0.15, -0.1) is 0 Å². The molecule has 1 amide bonds. The Bertz CT molecular complexity index is 859. The molecule has 1 saturated carbocycles. The average Bonchev–Trinajstić information content (AvgIpc) is 2.96. The summed E-state index contributed by atoms with van der Waals surface area (Å²) in [5.74, 6) is 2.10. The smallest absolute Gasteiger partial charge is 0.410 e. The number of amides is 1. The maximum absolute atomic E-state index is 12.2. The first-order valence-electron chi connectivity index (χ1n) is 15.8. The first kappa shape index (κ1) is 34.2. The Balaban J connectivity index is 0.00000274. The van der Waals surface area contributed by atoms with Crippen LogP contribution in [-0.4, -0.2) is 48.5 Å². The van der Waals surface area contributed by atoms with Crippen LogP contribution < -0.4 is 4.74 Å². The quantitative estimate of drug-likeness (QED) is 0.154. The Morgan fingerprint density at radius 1 is 1.02 bits per heavy atom. The van der Waals surface area contributed by atoms with Gasteiger partial charge in [0, 0.05) is 13.1 Å². The Kier molecular flexibility index (Phi) is 15.1. The summed E-state index contributed by atoms with van der Waals surface area (Å²) in [6.45, 7) is 18.3. The van der Waals surface area contributed by atoms with E-state index in [1.165, 1.54) is 11.1 Å². The highest BCUT2D eigenvalue weighted by Gasteiger charge is 2.27. The van der Waals surface area contributed by atoms with E-state index in [2.05, 4.69) is 51.1 Å². The van der Waals surface area contributed by atoms with Crippen molar-refractivity contribution in [2.75, 3.05) is 19.7 Å². The number of carbonyl (C=O) groups is 1. The molecule has 0 spiro atoms. The van der Waals surface area contributed by atoms with Crippen molar-refractivity contribution in [3.05, 3.63) is 41.5 Å². The van der Waals surface area contributed by atoms with Crippen LogP contribution in [0.15, 0.2) is 35.9 Å². The lowest BCUT2D eigenvalue weighted by Crippen LogP contribution is -2.41. The number of carbonyl (C=O) groups excluding carboxylic acids is 1. The Morgan fingerprint density at radius 2 is 1.65 bits per heavy atom. The third-order valence-electron chi connectivity index (χ3n) is 7.85. The number of likely N-dealkylation sites (tertiary alicyclic amines) is 1. The summed E-state index contributed by atoms with van der Waals surface area (Å²) in [5, 5.41) is 0. The van der Waals surface area contributed by atoms with Gasteiger partial charge in [-0.05, 0) is 122 Å². The zero-order valence-corrected chi connectivity index (χ0v) is 26.7. The minimum atomic E-state index is -0.441. The average molecular weight is 560 g/mol. The zero-order chi connectivity index (χ0) is 29.5. The van der Waals surface area contributed by atoms with Crippen LogP contribution in [0.25, 0.3) is 0 Å². The van der Waals surface area contributed by atoms with Crippen molar-refractivity contribution in [3.8, 4) is 5.75 Å². The molecular weight excluding hydrogens is 502 g/mol. The Hall–Kier alpha value is -2.05. The van der Waals surface area contributed by atoms with Crippen LogP contribution in [0.3, 0.4) is 0 Å². The van der Waals surface area contributed by atoms with E-state index in [1.807, 2.05) is 39.5 Å². The molecule has 2 fully saturated rings. The van der Waals surface area contributed by atoms with Gasteiger partial charge in [-0.25, -0.2) is 14.6 Å². The van der Waals surface area contributed by atoms with Gasteiger partial charge in [0.05, 0.1) is 18.8 Å². The minimum absolute atomic E-state index is 0.0939. The fourth-order valence-corrected chi connectivity index (χ4v) is 5.45. The molecule has 0 bridgehead atoms. The molecule has 40 heavy (non-hydrogen) atoms. The number of rotatable bonds is 11. The summed E-state index contributed by atoms with van der Waals surface area (Å²) < 4.78 is 11.6. The molecule has 1 aromatic rings. The number of nitrogens with zero attached hydrogens (tertiary/aromatic N) is 1. The van der Waals surface area contributed by atoms with Gasteiger partial charge in [-0.1, -0.05) is 44.6 Å². The highest BCUT2D eigenvalue weighted by Crippen LogP contribution is 2.35. The molecule has 1 aromatic carbocycles. The highest BCUT2D eigenvalue weighted by atomic mass is 17.2. The maximum atomic E-state index is 12.2. The summed E-state index contributed by atoms with van der Waals surface area (Å²) in [5.41, 5.74) is 2.36. The van der Waals surface area contributed by atoms with E-state index in [9.17, 15) is 4.79 Å². The first-order valence-corrected chi connectivity index (χ1v) is 15.8. The van der Waals surface area contributed by atoms with E-state index in [4.69, 9.17) is 19.2 Å². The van der Waals surface area contributed by atoms with E-state index in [-0.39, 0.29) is 18.3 Å². The van der Waals surface area contributed by atoms with Crippen molar-refractivity contribution in [2.24, 2.45) is 5.92 Å². The van der Waals surface area contributed by atoms with Crippen LogP contribution >= 0.6 is 0 Å². The van der Waals surface area contributed by atoms with Gasteiger partial charge >= 0.3 is 6.09 Å². The number of hydrogen-bond donors (Lipinski definition) is 0. The molecule has 228 valence electrons. The van der Waals surface area contributed by atoms with Gasteiger partial charge in [0.2, 0.25) is 0 Å². The van der Waals surface area contributed by atoms with E-state index in [1.54, 1.807) is 0 Å². The van der Waals surface area contributed by atoms with Gasteiger partial charge in [-0.3, -0.25) is 0 Å². The number of allylic oxidation sites excluding steroid dienone is 1. The van der Waals surface area contributed by atoms with E-state index >= 15 is 0 Å². The van der Waals surface area contributed by atoms with Crippen LogP contribution in [0.1, 0.15) is 125 Å². The first-order chi connectivity index (χ1) is 19.2. The van der Waals surface area contributed by atoms with E-state index in [0.717, 1.165) is 76.6 Å². The summed E-state index contributed by atoms with van der Waals surface area (Å²) >= 11 is 0. The van der Waals surface area contributed by atoms with E-state index in [0.29, 0.717) is 18.4 Å². The molecule has 0 N–H and O–H groups in total. The molecule has 1 aliphatic carbocycles. The zero-order valence-electron chi connectivity index (χ0n) is 26.7. The van der Waals surface area contributed by atoms with Crippen molar-refractivity contribution in [1.29, 1.82) is 0 Å². The summed E-state index contributed by atoms with van der Waals surface area (Å²) in [4.78, 5) is 25.6. The largest absolute Gasteiger partial charge is 0.494 e. The third kappa shape index (κ3) is 12.2. The third-order valence-corrected chi connectivity index (χ3v) is 7.85. The second kappa shape index (κ2) is 17.7. The SMILES string of the molecule is C/C=C(/CC)CC(C)OOC1CCC(c2ccc(OCCC3CCN(C(=O)OC(C)(C)C)CC3)cc2)CC1.CC. The maximum Gasteiger partial charge on any atom is 0.410 e. The number of benzene rings is 1. The van der Waals surface area contributed by atoms with Crippen LogP contribution in [-0.2, 0) is 14.5 Å². The van der Waals surface area contributed by atoms with Crippen molar-refractivity contribution in [2.45, 2.75) is 137 Å². The van der Waals surface area contributed by atoms with Crippen molar-refractivity contribution < 1.29 is 24.0 Å². The minimum Gasteiger partial charge on any atom is -0.494 e. The standard InChI is InChI=1S/C32H51NO5.C2H6/c1-7-25(8-2)23-24(3)37-38-30-15-11-28(12-16-30)27-9-13-29(14-10-27)35-22-19-26-17-20-33(21-18-26)31(34)36-32(4,5)6;1-2/h7,9-10,13-14,24,26,28,30H,8,11-12,15-23H2,1-6H3;1-2H3/b25-7-;. The van der Waals surface area contributed by atoms with Gasteiger partial charge in [0.15, 0.2) is 0 Å². The Morgan fingerprint density at radius 3 is 2.20 bits per heavy atom. The molecule has 2 aliphatic rings. The van der Waals surface area contributed by atoms with E-state index < -0.39 is 5.60 Å². The molecule has 1 heterocycles. The van der Waals surface area contributed by atoms with Gasteiger partial charge in [0.1, 0.15) is 11.4 Å². The molecule has 6 heteroatoms. The topological polar surface area (TPSA) is 57.2 Å². The number of piperidine rings is 1. The molecular formula is C34H57NO5. The normalized spacial score (nSPS) is 21.3. The molecule has 0 aromatic heterocycles. The van der Waals surface area contributed by atoms with Gasteiger partial charge < -0.3 is 14.4 Å². The van der Waals surface area contributed by atoms with Crippen LogP contribution in [0.2, 0.25) is 0 Å². The molecule has 1 saturated heterocycles. The monoisotopic (exact) mass is 559 g/mol.